The fourth-order valence-corrected chi connectivity index (χ4v) is 2.92. The van der Waals surface area contributed by atoms with Crippen LogP contribution in [0.5, 0.6) is 0 Å². The van der Waals surface area contributed by atoms with Crippen LogP contribution < -0.4 is 0 Å². The van der Waals surface area contributed by atoms with Crippen LogP contribution in [-0.2, 0) is 12.8 Å². The minimum atomic E-state index is 0.216. The standard InChI is InChI=1S/C16H20N2O/c1-12-4-2-5-13(8-12)9-14-10-18-15(11-19)6-3-7-16(18)17-14/h2,4-5,8,10,15,19H,3,6-7,9,11H2,1H3. The largest absolute Gasteiger partial charge is 0.394 e. The van der Waals surface area contributed by atoms with Crippen molar-refractivity contribution in [3.8, 4) is 0 Å². The molecule has 0 bridgehead atoms. The van der Waals surface area contributed by atoms with Gasteiger partial charge in [-0.2, -0.15) is 0 Å². The molecule has 0 radical (unpaired) electrons. The summed E-state index contributed by atoms with van der Waals surface area (Å²) in [5.41, 5.74) is 3.70. The molecular formula is C16H20N2O. The maximum atomic E-state index is 9.42. The monoisotopic (exact) mass is 256 g/mol. The van der Waals surface area contributed by atoms with E-state index in [4.69, 9.17) is 4.98 Å². The molecule has 0 saturated heterocycles. The Morgan fingerprint density at radius 1 is 1.42 bits per heavy atom. The van der Waals surface area contributed by atoms with Gasteiger partial charge >= 0.3 is 0 Å². The van der Waals surface area contributed by atoms with Crippen molar-refractivity contribution in [3.63, 3.8) is 0 Å². The molecule has 100 valence electrons. The minimum Gasteiger partial charge on any atom is -0.394 e. The van der Waals surface area contributed by atoms with Crippen molar-refractivity contribution in [3.05, 3.63) is 53.1 Å². The van der Waals surface area contributed by atoms with Crippen molar-refractivity contribution in [1.82, 2.24) is 9.55 Å². The highest BCUT2D eigenvalue weighted by Gasteiger charge is 2.20. The lowest BCUT2D eigenvalue weighted by molar-refractivity contribution is 0.206. The third kappa shape index (κ3) is 2.56. The number of hydrogen-bond donors (Lipinski definition) is 1. The number of aromatic nitrogens is 2. The summed E-state index contributed by atoms with van der Waals surface area (Å²) in [6.45, 7) is 2.33. The van der Waals surface area contributed by atoms with Crippen molar-refractivity contribution < 1.29 is 5.11 Å². The second kappa shape index (κ2) is 5.17. The summed E-state index contributed by atoms with van der Waals surface area (Å²) in [4.78, 5) is 4.73. The van der Waals surface area contributed by atoms with E-state index in [2.05, 4.69) is 42.0 Å². The molecule has 1 N–H and O–H groups in total. The van der Waals surface area contributed by atoms with E-state index in [0.717, 1.165) is 37.2 Å². The minimum absolute atomic E-state index is 0.216. The Kier molecular flexibility index (Phi) is 3.38. The van der Waals surface area contributed by atoms with Gasteiger partial charge in [0.2, 0.25) is 0 Å². The maximum Gasteiger partial charge on any atom is 0.109 e. The number of benzene rings is 1. The predicted octanol–water partition coefficient (Wildman–Crippen LogP) is 2.65. The van der Waals surface area contributed by atoms with Crippen LogP contribution in [0.1, 0.15) is 41.5 Å². The highest BCUT2D eigenvalue weighted by molar-refractivity contribution is 5.26. The van der Waals surface area contributed by atoms with Crippen LogP contribution in [0.25, 0.3) is 0 Å². The number of aliphatic hydroxyl groups excluding tert-OH is 1. The summed E-state index contributed by atoms with van der Waals surface area (Å²) in [6, 6.07) is 8.79. The smallest absolute Gasteiger partial charge is 0.109 e. The molecule has 1 atom stereocenters. The zero-order chi connectivity index (χ0) is 13.2. The van der Waals surface area contributed by atoms with E-state index in [1.165, 1.54) is 11.1 Å². The Hall–Kier alpha value is -1.61. The molecule has 0 saturated carbocycles. The first-order chi connectivity index (χ1) is 9.26. The molecule has 2 aromatic rings. The van der Waals surface area contributed by atoms with Crippen LogP contribution >= 0.6 is 0 Å². The van der Waals surface area contributed by atoms with E-state index in [0.29, 0.717) is 0 Å². The number of rotatable bonds is 3. The highest BCUT2D eigenvalue weighted by Crippen LogP contribution is 2.25. The van der Waals surface area contributed by atoms with Gasteiger partial charge in [0, 0.05) is 19.0 Å². The predicted molar refractivity (Wildman–Crippen MR) is 75.3 cm³/mol. The molecule has 1 aromatic carbocycles. The Balaban J connectivity index is 1.85. The van der Waals surface area contributed by atoms with Gasteiger partial charge in [-0.25, -0.2) is 4.98 Å². The Bertz CT molecular complexity index is 574. The van der Waals surface area contributed by atoms with E-state index in [9.17, 15) is 5.11 Å². The van der Waals surface area contributed by atoms with E-state index in [1.807, 2.05) is 0 Å². The third-order valence-corrected chi connectivity index (χ3v) is 3.87. The van der Waals surface area contributed by atoms with E-state index in [-0.39, 0.29) is 12.6 Å². The van der Waals surface area contributed by atoms with Gasteiger partial charge in [0.05, 0.1) is 18.3 Å². The lowest BCUT2D eigenvalue weighted by Gasteiger charge is -2.22. The zero-order valence-corrected chi connectivity index (χ0v) is 11.3. The number of fused-ring (bicyclic) bond motifs is 1. The van der Waals surface area contributed by atoms with E-state index in [1.54, 1.807) is 0 Å². The first kappa shape index (κ1) is 12.4. The molecule has 0 fully saturated rings. The average molecular weight is 256 g/mol. The Morgan fingerprint density at radius 3 is 3.11 bits per heavy atom. The Labute approximate surface area is 113 Å². The van der Waals surface area contributed by atoms with Crippen LogP contribution in [0.15, 0.2) is 30.5 Å². The molecule has 3 heteroatoms. The molecule has 19 heavy (non-hydrogen) atoms. The van der Waals surface area contributed by atoms with Gasteiger partial charge in [-0.05, 0) is 25.3 Å². The second-order valence-electron chi connectivity index (χ2n) is 5.45. The van der Waals surface area contributed by atoms with Gasteiger partial charge in [-0.3, -0.25) is 0 Å². The molecule has 0 aliphatic carbocycles. The highest BCUT2D eigenvalue weighted by atomic mass is 16.3. The lowest BCUT2D eigenvalue weighted by Crippen LogP contribution is -2.20. The zero-order valence-electron chi connectivity index (χ0n) is 11.3. The second-order valence-corrected chi connectivity index (χ2v) is 5.45. The van der Waals surface area contributed by atoms with E-state index >= 15 is 0 Å². The van der Waals surface area contributed by atoms with Crippen molar-refractivity contribution in [2.45, 2.75) is 38.6 Å². The SMILES string of the molecule is Cc1cccc(Cc2cn3c(n2)CCCC3CO)c1. The third-order valence-electron chi connectivity index (χ3n) is 3.87. The van der Waals surface area contributed by atoms with Crippen LogP contribution in [-0.4, -0.2) is 21.3 Å². The molecule has 1 aliphatic rings. The first-order valence-corrected chi connectivity index (χ1v) is 6.99. The van der Waals surface area contributed by atoms with Crippen LogP contribution in [0.4, 0.5) is 0 Å². The molecule has 2 heterocycles. The molecule has 3 nitrogen and oxygen atoms in total. The van der Waals surface area contributed by atoms with Crippen LogP contribution in [0, 0.1) is 6.92 Å². The van der Waals surface area contributed by atoms with Gasteiger partial charge in [-0.15, -0.1) is 0 Å². The van der Waals surface area contributed by atoms with Crippen LogP contribution in [0.3, 0.4) is 0 Å². The maximum absolute atomic E-state index is 9.42. The molecule has 0 spiro atoms. The molecule has 1 aliphatic heterocycles. The quantitative estimate of drug-likeness (QED) is 0.916. The van der Waals surface area contributed by atoms with E-state index < -0.39 is 0 Å². The van der Waals surface area contributed by atoms with Gasteiger partial charge in [0.15, 0.2) is 0 Å². The van der Waals surface area contributed by atoms with Gasteiger partial charge in [0.1, 0.15) is 5.82 Å². The fraction of sp³-hybridized carbons (Fsp3) is 0.438. The van der Waals surface area contributed by atoms with Gasteiger partial charge in [0.25, 0.3) is 0 Å². The number of aliphatic hydroxyl groups is 1. The fourth-order valence-electron chi connectivity index (χ4n) is 2.92. The molecule has 3 rings (SSSR count). The lowest BCUT2D eigenvalue weighted by atomic mass is 10.1. The van der Waals surface area contributed by atoms with Crippen molar-refractivity contribution in [2.24, 2.45) is 0 Å². The average Bonchev–Trinajstić information content (AvgIpc) is 2.80. The Morgan fingerprint density at radius 2 is 2.32 bits per heavy atom. The summed E-state index contributed by atoms with van der Waals surface area (Å²) >= 11 is 0. The molecule has 1 aromatic heterocycles. The molecular weight excluding hydrogens is 236 g/mol. The normalized spacial score (nSPS) is 18.3. The summed E-state index contributed by atoms with van der Waals surface area (Å²) < 4.78 is 2.18. The first-order valence-electron chi connectivity index (χ1n) is 6.99. The topological polar surface area (TPSA) is 38.0 Å². The summed E-state index contributed by atoms with van der Waals surface area (Å²) in [5, 5.41) is 9.42. The van der Waals surface area contributed by atoms with Gasteiger partial charge < -0.3 is 9.67 Å². The van der Waals surface area contributed by atoms with Crippen molar-refractivity contribution in [1.29, 1.82) is 0 Å². The number of nitrogens with zero attached hydrogens (tertiary/aromatic N) is 2. The summed E-state index contributed by atoms with van der Waals surface area (Å²) in [6.07, 6.45) is 6.22. The van der Waals surface area contributed by atoms with Crippen molar-refractivity contribution >= 4 is 0 Å². The van der Waals surface area contributed by atoms with Crippen LogP contribution in [0.2, 0.25) is 0 Å². The number of aryl methyl sites for hydroxylation is 2. The summed E-state index contributed by atoms with van der Waals surface area (Å²) in [7, 11) is 0. The van der Waals surface area contributed by atoms with Gasteiger partial charge in [-0.1, -0.05) is 29.8 Å². The number of hydrogen-bond acceptors (Lipinski definition) is 2. The van der Waals surface area contributed by atoms with Crippen molar-refractivity contribution in [2.75, 3.05) is 6.61 Å². The molecule has 0 amide bonds. The number of imidazole rings is 1. The summed E-state index contributed by atoms with van der Waals surface area (Å²) in [5.74, 6) is 1.13. The molecule has 1 unspecified atom stereocenters.